The number of hydrogen-bond donors (Lipinski definition) is 0. The molecule has 4 nitrogen and oxygen atoms in total. The average Bonchev–Trinajstić information content (AvgIpc) is 3.33. The molecule has 0 bridgehead atoms. The van der Waals surface area contributed by atoms with Gasteiger partial charge in [-0.25, -0.2) is 0 Å². The summed E-state index contributed by atoms with van der Waals surface area (Å²) >= 11 is 0. The van der Waals surface area contributed by atoms with Crippen molar-refractivity contribution in [3.63, 3.8) is 0 Å². The van der Waals surface area contributed by atoms with Crippen LogP contribution in [0.3, 0.4) is 0 Å². The lowest BCUT2D eigenvalue weighted by molar-refractivity contribution is 0.676. The molecule has 0 saturated heterocycles. The number of rotatable bonds is 4. The first-order valence-electron chi connectivity index (χ1n) is 8.56. The van der Waals surface area contributed by atoms with E-state index in [1.54, 1.807) is 0 Å². The maximum atomic E-state index is 4.39. The highest BCUT2D eigenvalue weighted by molar-refractivity contribution is 5.98. The van der Waals surface area contributed by atoms with Crippen LogP contribution >= 0.6 is 0 Å². The van der Waals surface area contributed by atoms with Gasteiger partial charge in [0.1, 0.15) is 0 Å². The third kappa shape index (κ3) is 2.47. The Morgan fingerprint density at radius 3 is 2.36 bits per heavy atom. The van der Waals surface area contributed by atoms with Gasteiger partial charge in [-0.3, -0.25) is 9.36 Å². The van der Waals surface area contributed by atoms with Crippen molar-refractivity contribution in [3.05, 3.63) is 89.5 Å². The summed E-state index contributed by atoms with van der Waals surface area (Å²) < 4.78 is 3.97. The van der Waals surface area contributed by atoms with Crippen molar-refractivity contribution in [2.24, 2.45) is 0 Å². The predicted octanol–water partition coefficient (Wildman–Crippen LogP) is 3.90. The van der Waals surface area contributed by atoms with E-state index < -0.39 is 0 Å². The third-order valence-electron chi connectivity index (χ3n) is 4.87. The summed E-state index contributed by atoms with van der Waals surface area (Å²) in [6.07, 6.45) is 13.2. The van der Waals surface area contributed by atoms with E-state index in [0.29, 0.717) is 0 Å². The van der Waals surface area contributed by atoms with Gasteiger partial charge in [0, 0.05) is 24.8 Å². The Labute approximate surface area is 146 Å². The van der Waals surface area contributed by atoms with Crippen LogP contribution in [0, 0.1) is 0 Å². The maximum absolute atomic E-state index is 4.39. The largest absolute Gasteiger partial charge is 0.268 e. The zero-order chi connectivity index (χ0) is 16.6. The number of benzene rings is 2. The van der Waals surface area contributed by atoms with Crippen LogP contribution in [0.4, 0.5) is 0 Å². The highest BCUT2D eigenvalue weighted by Crippen LogP contribution is 2.34. The smallest absolute Gasteiger partial charge is 0.0665 e. The Balaban J connectivity index is 1.73. The summed E-state index contributed by atoms with van der Waals surface area (Å²) in [6.45, 7) is 1.56. The van der Waals surface area contributed by atoms with E-state index >= 15 is 0 Å². The molecule has 0 radical (unpaired) electrons. The summed E-state index contributed by atoms with van der Waals surface area (Å²) in [5.74, 6) is 0. The highest BCUT2D eigenvalue weighted by Gasteiger charge is 2.16. The molecule has 2 heterocycles. The summed E-state index contributed by atoms with van der Waals surface area (Å²) in [5.41, 5.74) is 5.35. The van der Waals surface area contributed by atoms with E-state index in [9.17, 15) is 0 Å². The van der Waals surface area contributed by atoms with Crippen LogP contribution in [-0.2, 0) is 19.5 Å². The first-order valence-corrected chi connectivity index (χ1v) is 8.56. The van der Waals surface area contributed by atoms with Crippen molar-refractivity contribution >= 4 is 16.8 Å². The van der Waals surface area contributed by atoms with Crippen LogP contribution in [0.5, 0.6) is 0 Å². The van der Waals surface area contributed by atoms with E-state index in [4.69, 9.17) is 0 Å². The Hall–Kier alpha value is -3.14. The van der Waals surface area contributed by atoms with E-state index in [2.05, 4.69) is 46.6 Å². The molecule has 0 atom stereocenters. The molecule has 2 aromatic heterocycles. The first kappa shape index (κ1) is 14.2. The quantitative estimate of drug-likeness (QED) is 0.570. The molecule has 1 aliphatic carbocycles. The number of allylic oxidation sites excluding steroid dienone is 1. The van der Waals surface area contributed by atoms with Crippen molar-refractivity contribution in [2.75, 3.05) is 0 Å². The summed E-state index contributed by atoms with van der Waals surface area (Å²) in [5, 5.41) is 11.5. The van der Waals surface area contributed by atoms with Crippen LogP contribution in [-0.4, -0.2) is 19.6 Å². The van der Waals surface area contributed by atoms with Gasteiger partial charge in [-0.2, -0.15) is 10.2 Å². The van der Waals surface area contributed by atoms with Gasteiger partial charge >= 0.3 is 0 Å². The average molecular weight is 326 g/mol. The second-order valence-corrected chi connectivity index (χ2v) is 6.46. The van der Waals surface area contributed by atoms with E-state index in [0.717, 1.165) is 19.5 Å². The van der Waals surface area contributed by atoms with Crippen LogP contribution in [0.2, 0.25) is 0 Å². The molecule has 25 heavy (non-hydrogen) atoms. The van der Waals surface area contributed by atoms with Crippen molar-refractivity contribution in [1.82, 2.24) is 19.6 Å². The van der Waals surface area contributed by atoms with Gasteiger partial charge in [-0.15, -0.1) is 0 Å². The highest BCUT2D eigenvalue weighted by atomic mass is 15.3. The Bertz CT molecular complexity index is 1060. The van der Waals surface area contributed by atoms with E-state index in [1.165, 1.54) is 33.0 Å². The summed E-state index contributed by atoms with van der Waals surface area (Å²) in [6, 6.07) is 12.9. The SMILES string of the molecule is C1=Cc2c(Cn3cccn3)cc(Cn3cccn3)c3cccc(c23)C1. The lowest BCUT2D eigenvalue weighted by Crippen LogP contribution is -2.08. The normalized spacial score (nSPS) is 12.8. The number of aromatic nitrogens is 4. The van der Waals surface area contributed by atoms with Crippen LogP contribution < -0.4 is 0 Å². The number of nitrogens with zero attached hydrogens (tertiary/aromatic N) is 4. The minimum absolute atomic E-state index is 0.781. The molecule has 0 amide bonds. The summed E-state index contributed by atoms with van der Waals surface area (Å²) in [7, 11) is 0. The van der Waals surface area contributed by atoms with Crippen LogP contribution in [0.15, 0.2) is 67.3 Å². The fourth-order valence-corrected chi connectivity index (χ4v) is 3.78. The molecular weight excluding hydrogens is 308 g/mol. The van der Waals surface area contributed by atoms with Gasteiger partial charge in [-0.1, -0.05) is 36.4 Å². The van der Waals surface area contributed by atoms with Crippen LogP contribution in [0.25, 0.3) is 16.8 Å². The molecule has 0 fully saturated rings. The lowest BCUT2D eigenvalue weighted by Gasteiger charge is -2.20. The molecule has 122 valence electrons. The monoisotopic (exact) mass is 326 g/mol. The summed E-state index contributed by atoms with van der Waals surface area (Å²) in [4.78, 5) is 0. The molecule has 0 saturated carbocycles. The molecule has 4 heteroatoms. The molecule has 0 unspecified atom stereocenters. The molecule has 5 rings (SSSR count). The fourth-order valence-electron chi connectivity index (χ4n) is 3.78. The van der Waals surface area contributed by atoms with Gasteiger partial charge < -0.3 is 0 Å². The second-order valence-electron chi connectivity index (χ2n) is 6.46. The van der Waals surface area contributed by atoms with Crippen molar-refractivity contribution < 1.29 is 0 Å². The molecular formula is C21H18N4. The van der Waals surface area contributed by atoms with E-state index in [1.807, 2.05) is 46.3 Å². The third-order valence-corrected chi connectivity index (χ3v) is 4.87. The topological polar surface area (TPSA) is 35.6 Å². The molecule has 4 aromatic rings. The van der Waals surface area contributed by atoms with Crippen molar-refractivity contribution in [3.8, 4) is 0 Å². The van der Waals surface area contributed by atoms with Gasteiger partial charge in [0.2, 0.25) is 0 Å². The second kappa shape index (κ2) is 5.74. The molecule has 2 aromatic carbocycles. The zero-order valence-electron chi connectivity index (χ0n) is 13.8. The molecule has 0 spiro atoms. The zero-order valence-corrected chi connectivity index (χ0v) is 13.8. The first-order chi connectivity index (χ1) is 12.4. The molecule has 0 aliphatic heterocycles. The van der Waals surface area contributed by atoms with Crippen LogP contribution in [0.1, 0.15) is 22.3 Å². The van der Waals surface area contributed by atoms with E-state index in [-0.39, 0.29) is 0 Å². The number of hydrogen-bond acceptors (Lipinski definition) is 2. The predicted molar refractivity (Wildman–Crippen MR) is 99.3 cm³/mol. The Morgan fingerprint density at radius 2 is 1.64 bits per heavy atom. The Morgan fingerprint density at radius 1 is 0.880 bits per heavy atom. The lowest BCUT2D eigenvalue weighted by atomic mass is 9.87. The Kier molecular flexibility index (Phi) is 3.27. The minimum Gasteiger partial charge on any atom is -0.268 e. The van der Waals surface area contributed by atoms with Gasteiger partial charge in [0.25, 0.3) is 0 Å². The van der Waals surface area contributed by atoms with Gasteiger partial charge in [0.15, 0.2) is 0 Å². The van der Waals surface area contributed by atoms with Gasteiger partial charge in [-0.05, 0) is 51.6 Å². The molecule has 0 N–H and O–H groups in total. The van der Waals surface area contributed by atoms with Gasteiger partial charge in [0.05, 0.1) is 13.1 Å². The fraction of sp³-hybridized carbons (Fsp3) is 0.143. The maximum Gasteiger partial charge on any atom is 0.0665 e. The standard InChI is InChI=1S/C21H18N4/c1-5-16-6-2-8-20-18(15-25-12-4-10-23-25)13-17(19(7-1)21(16)20)14-24-11-3-9-22-24/h1-5,7-13H,6,14-15H2. The molecule has 1 aliphatic rings. The van der Waals surface area contributed by atoms with Crippen molar-refractivity contribution in [2.45, 2.75) is 19.5 Å². The minimum atomic E-state index is 0.781. The van der Waals surface area contributed by atoms with Crippen molar-refractivity contribution in [1.29, 1.82) is 0 Å².